The van der Waals surface area contributed by atoms with Crippen molar-refractivity contribution in [2.45, 2.75) is 27.2 Å². The maximum Gasteiger partial charge on any atom is 0.231 e. The van der Waals surface area contributed by atoms with Gasteiger partial charge in [-0.15, -0.1) is 0 Å². The van der Waals surface area contributed by atoms with Crippen molar-refractivity contribution in [2.75, 3.05) is 13.3 Å². The number of hydrogen-bond donors (Lipinski definition) is 1. The first-order valence-corrected chi connectivity index (χ1v) is 6.06. The molecule has 1 aliphatic heterocycles. The Morgan fingerprint density at radius 1 is 1.33 bits per heavy atom. The number of ether oxygens (including phenoxy) is 2. The SMILES string of the molecule is Cc1cc2c(cc1C(=O)CC(C)(C)CN)OCO2. The monoisotopic (exact) mass is 249 g/mol. The first kappa shape index (κ1) is 12.9. The van der Waals surface area contributed by atoms with Crippen LogP contribution in [0.15, 0.2) is 12.1 Å². The van der Waals surface area contributed by atoms with Crippen LogP contribution in [0.4, 0.5) is 0 Å². The van der Waals surface area contributed by atoms with E-state index in [-0.39, 0.29) is 18.0 Å². The van der Waals surface area contributed by atoms with E-state index in [0.29, 0.717) is 30.0 Å². The molecule has 0 aromatic heterocycles. The molecule has 0 bridgehead atoms. The molecule has 1 aliphatic rings. The van der Waals surface area contributed by atoms with Crippen molar-refractivity contribution < 1.29 is 14.3 Å². The van der Waals surface area contributed by atoms with Crippen molar-refractivity contribution in [1.82, 2.24) is 0 Å². The lowest BCUT2D eigenvalue weighted by molar-refractivity contribution is 0.0934. The third-order valence-corrected chi connectivity index (χ3v) is 3.21. The van der Waals surface area contributed by atoms with Gasteiger partial charge in [0.15, 0.2) is 17.3 Å². The summed E-state index contributed by atoms with van der Waals surface area (Å²) < 4.78 is 10.6. The van der Waals surface area contributed by atoms with Gasteiger partial charge in [0.25, 0.3) is 0 Å². The Hall–Kier alpha value is -1.55. The van der Waals surface area contributed by atoms with Crippen LogP contribution in [0.3, 0.4) is 0 Å². The van der Waals surface area contributed by atoms with Crippen LogP contribution in [-0.4, -0.2) is 19.1 Å². The van der Waals surface area contributed by atoms with Gasteiger partial charge in [0.05, 0.1) is 0 Å². The second kappa shape index (κ2) is 4.61. The summed E-state index contributed by atoms with van der Waals surface area (Å²) in [6, 6.07) is 3.62. The maximum absolute atomic E-state index is 12.3. The van der Waals surface area contributed by atoms with Crippen LogP contribution in [0, 0.1) is 12.3 Å². The van der Waals surface area contributed by atoms with Crippen molar-refractivity contribution >= 4 is 5.78 Å². The van der Waals surface area contributed by atoms with Gasteiger partial charge in [-0.2, -0.15) is 0 Å². The zero-order valence-corrected chi connectivity index (χ0v) is 11.1. The molecule has 0 spiro atoms. The van der Waals surface area contributed by atoms with Gasteiger partial charge in [0.1, 0.15) is 0 Å². The number of carbonyl (C=O) groups excluding carboxylic acids is 1. The lowest BCUT2D eigenvalue weighted by Gasteiger charge is -2.21. The summed E-state index contributed by atoms with van der Waals surface area (Å²) in [6.45, 7) is 6.61. The molecule has 1 aromatic rings. The predicted molar refractivity (Wildman–Crippen MR) is 69.1 cm³/mol. The van der Waals surface area contributed by atoms with E-state index in [1.165, 1.54) is 0 Å². The fraction of sp³-hybridized carbons (Fsp3) is 0.500. The topological polar surface area (TPSA) is 61.6 Å². The molecule has 98 valence electrons. The smallest absolute Gasteiger partial charge is 0.231 e. The summed E-state index contributed by atoms with van der Waals surface area (Å²) in [4.78, 5) is 12.3. The minimum Gasteiger partial charge on any atom is -0.454 e. The molecule has 1 aromatic carbocycles. The normalized spacial score (nSPS) is 13.8. The first-order valence-electron chi connectivity index (χ1n) is 6.06. The van der Waals surface area contributed by atoms with Crippen molar-refractivity contribution in [1.29, 1.82) is 0 Å². The van der Waals surface area contributed by atoms with E-state index in [2.05, 4.69) is 0 Å². The van der Waals surface area contributed by atoms with Gasteiger partial charge in [0, 0.05) is 12.0 Å². The molecule has 0 aliphatic carbocycles. The number of benzene rings is 1. The summed E-state index contributed by atoms with van der Waals surface area (Å²) in [5.74, 6) is 1.46. The van der Waals surface area contributed by atoms with Crippen LogP contribution in [0.25, 0.3) is 0 Å². The fourth-order valence-corrected chi connectivity index (χ4v) is 1.95. The van der Waals surface area contributed by atoms with E-state index >= 15 is 0 Å². The lowest BCUT2D eigenvalue weighted by atomic mass is 9.85. The molecule has 2 N–H and O–H groups in total. The Labute approximate surface area is 107 Å². The second-order valence-corrected chi connectivity index (χ2v) is 5.49. The number of rotatable bonds is 4. The summed E-state index contributed by atoms with van der Waals surface area (Å²) in [7, 11) is 0. The quantitative estimate of drug-likeness (QED) is 0.832. The van der Waals surface area contributed by atoms with Crippen LogP contribution in [0.5, 0.6) is 11.5 Å². The number of hydrogen-bond acceptors (Lipinski definition) is 4. The Morgan fingerprint density at radius 2 is 1.94 bits per heavy atom. The minimum atomic E-state index is -0.181. The van der Waals surface area contributed by atoms with Crippen molar-refractivity contribution in [2.24, 2.45) is 11.1 Å². The highest BCUT2D eigenvalue weighted by molar-refractivity contribution is 5.98. The molecule has 18 heavy (non-hydrogen) atoms. The van der Waals surface area contributed by atoms with Gasteiger partial charge in [-0.05, 0) is 36.6 Å². The molecule has 0 unspecified atom stereocenters. The van der Waals surface area contributed by atoms with Crippen LogP contribution in [0.1, 0.15) is 36.2 Å². The van der Waals surface area contributed by atoms with E-state index in [9.17, 15) is 4.79 Å². The number of ketones is 1. The van der Waals surface area contributed by atoms with E-state index in [4.69, 9.17) is 15.2 Å². The zero-order chi connectivity index (χ0) is 13.3. The average molecular weight is 249 g/mol. The Bertz CT molecular complexity index is 480. The number of carbonyl (C=O) groups is 1. The molecule has 2 rings (SSSR count). The number of Topliss-reactive ketones (excluding diaryl/α,β-unsaturated/α-hetero) is 1. The Morgan fingerprint density at radius 3 is 2.56 bits per heavy atom. The Kier molecular flexibility index (Phi) is 3.30. The molecule has 4 heteroatoms. The lowest BCUT2D eigenvalue weighted by Crippen LogP contribution is -2.26. The number of fused-ring (bicyclic) bond motifs is 1. The van der Waals surface area contributed by atoms with Gasteiger partial charge in [-0.25, -0.2) is 0 Å². The molecule has 0 fully saturated rings. The average Bonchev–Trinajstić information content (AvgIpc) is 2.74. The number of nitrogens with two attached hydrogens (primary N) is 1. The van der Waals surface area contributed by atoms with Gasteiger partial charge >= 0.3 is 0 Å². The summed E-state index contributed by atoms with van der Waals surface area (Å²) >= 11 is 0. The van der Waals surface area contributed by atoms with E-state index < -0.39 is 0 Å². The molecule has 0 radical (unpaired) electrons. The molecule has 1 heterocycles. The van der Waals surface area contributed by atoms with Crippen molar-refractivity contribution in [3.8, 4) is 11.5 Å². The highest BCUT2D eigenvalue weighted by Gasteiger charge is 2.24. The van der Waals surface area contributed by atoms with E-state index in [1.54, 1.807) is 6.07 Å². The largest absolute Gasteiger partial charge is 0.454 e. The van der Waals surface area contributed by atoms with Crippen LogP contribution in [0.2, 0.25) is 0 Å². The van der Waals surface area contributed by atoms with Crippen LogP contribution >= 0.6 is 0 Å². The van der Waals surface area contributed by atoms with Crippen molar-refractivity contribution in [3.05, 3.63) is 23.3 Å². The molecule has 0 saturated heterocycles. The third-order valence-electron chi connectivity index (χ3n) is 3.21. The van der Waals surface area contributed by atoms with Crippen LogP contribution < -0.4 is 15.2 Å². The second-order valence-electron chi connectivity index (χ2n) is 5.49. The molecule has 0 amide bonds. The summed E-state index contributed by atoms with van der Waals surface area (Å²) in [5.41, 5.74) is 7.09. The van der Waals surface area contributed by atoms with Gasteiger partial charge in [-0.1, -0.05) is 13.8 Å². The van der Waals surface area contributed by atoms with E-state index in [0.717, 1.165) is 5.56 Å². The zero-order valence-electron chi connectivity index (χ0n) is 11.1. The molecule has 4 nitrogen and oxygen atoms in total. The molecule has 0 saturated carbocycles. The number of aryl methyl sites for hydroxylation is 1. The molecule has 0 atom stereocenters. The predicted octanol–water partition coefficient (Wildman–Crippen LogP) is 2.28. The fourth-order valence-electron chi connectivity index (χ4n) is 1.95. The maximum atomic E-state index is 12.3. The highest BCUT2D eigenvalue weighted by Crippen LogP contribution is 2.35. The van der Waals surface area contributed by atoms with Crippen molar-refractivity contribution in [3.63, 3.8) is 0 Å². The highest BCUT2D eigenvalue weighted by atomic mass is 16.7. The third kappa shape index (κ3) is 2.48. The summed E-state index contributed by atoms with van der Waals surface area (Å²) in [5, 5.41) is 0. The Balaban J connectivity index is 2.26. The van der Waals surface area contributed by atoms with E-state index in [1.807, 2.05) is 26.8 Å². The molecular weight excluding hydrogens is 230 g/mol. The van der Waals surface area contributed by atoms with Gasteiger partial charge in [0.2, 0.25) is 6.79 Å². The van der Waals surface area contributed by atoms with Gasteiger partial charge in [-0.3, -0.25) is 4.79 Å². The minimum absolute atomic E-state index is 0.0984. The molecular formula is C14H19NO3. The first-order chi connectivity index (χ1) is 8.43. The van der Waals surface area contributed by atoms with Crippen LogP contribution in [-0.2, 0) is 0 Å². The summed E-state index contributed by atoms with van der Waals surface area (Å²) in [6.07, 6.45) is 0.435. The van der Waals surface area contributed by atoms with Gasteiger partial charge < -0.3 is 15.2 Å². The standard InChI is InChI=1S/C14H19NO3/c1-9-4-12-13(18-8-17-12)5-10(9)11(16)6-14(2,3)7-15/h4-5H,6-8,15H2,1-3H3.